The van der Waals surface area contributed by atoms with Crippen LogP contribution in [0.4, 0.5) is 0 Å². The average molecular weight is 329 g/mol. The molecular weight excluding hydrogens is 306 g/mol. The van der Waals surface area contributed by atoms with Crippen LogP contribution in [0.15, 0.2) is 29.3 Å². The lowest BCUT2D eigenvalue weighted by molar-refractivity contribution is -0.144. The van der Waals surface area contributed by atoms with Crippen LogP contribution in [0.3, 0.4) is 0 Å². The highest BCUT2D eigenvalue weighted by atomic mass is 16.3. The Balaban J connectivity index is 1.65. The van der Waals surface area contributed by atoms with Gasteiger partial charge < -0.3 is 9.73 Å². The molecule has 1 unspecified atom stereocenters. The van der Waals surface area contributed by atoms with Gasteiger partial charge in [-0.15, -0.1) is 0 Å². The highest BCUT2D eigenvalue weighted by Gasteiger charge is 2.49. The van der Waals surface area contributed by atoms with E-state index in [1.165, 1.54) is 0 Å². The van der Waals surface area contributed by atoms with E-state index in [9.17, 15) is 4.79 Å². The van der Waals surface area contributed by atoms with Gasteiger partial charge in [0.15, 0.2) is 5.89 Å². The van der Waals surface area contributed by atoms with Gasteiger partial charge in [0, 0.05) is 45.7 Å². The van der Waals surface area contributed by atoms with E-state index in [-0.39, 0.29) is 5.91 Å². The van der Waals surface area contributed by atoms with E-state index in [4.69, 9.17) is 4.42 Å². The third-order valence-electron chi connectivity index (χ3n) is 4.71. The summed E-state index contributed by atoms with van der Waals surface area (Å²) in [4.78, 5) is 27.5. The molecule has 1 saturated heterocycles. The van der Waals surface area contributed by atoms with Crippen LogP contribution in [0.1, 0.15) is 36.5 Å². The lowest BCUT2D eigenvalue weighted by Gasteiger charge is -2.51. The molecule has 0 aliphatic carbocycles. The van der Waals surface area contributed by atoms with Crippen molar-refractivity contribution in [2.45, 2.75) is 44.7 Å². The maximum Gasteiger partial charge on any atom is 0.240 e. The van der Waals surface area contributed by atoms with Crippen molar-refractivity contribution in [3.63, 3.8) is 0 Å². The second-order valence-electron chi connectivity index (χ2n) is 6.19. The summed E-state index contributed by atoms with van der Waals surface area (Å²) in [5.74, 6) is 0.729. The predicted octanol–water partition coefficient (Wildman–Crippen LogP) is 1.49. The van der Waals surface area contributed by atoms with Crippen molar-refractivity contribution in [2.24, 2.45) is 0 Å². The van der Waals surface area contributed by atoms with E-state index >= 15 is 0 Å². The number of carbonyl (C=O) groups is 1. The Kier molecular flexibility index (Phi) is 4.89. The summed E-state index contributed by atoms with van der Waals surface area (Å²) in [5.41, 5.74) is 1.38. The summed E-state index contributed by atoms with van der Waals surface area (Å²) < 4.78 is 5.27. The number of hydrogen-bond donors (Lipinski definition) is 1. The molecule has 0 spiro atoms. The third kappa shape index (κ3) is 3.31. The summed E-state index contributed by atoms with van der Waals surface area (Å²) in [6.45, 7) is 3.35. The van der Waals surface area contributed by atoms with Crippen LogP contribution in [0.2, 0.25) is 0 Å². The van der Waals surface area contributed by atoms with Gasteiger partial charge in [-0.1, -0.05) is 0 Å². The number of nitrogens with zero attached hydrogens (tertiary/aromatic N) is 4. The molecular formula is C17H23N5O2. The van der Waals surface area contributed by atoms with Gasteiger partial charge in [0.05, 0.1) is 11.4 Å². The first kappa shape index (κ1) is 16.6. The summed E-state index contributed by atoms with van der Waals surface area (Å²) in [5, 5.41) is 2.82. The van der Waals surface area contributed by atoms with Gasteiger partial charge >= 0.3 is 0 Å². The molecule has 0 radical (unpaired) electrons. The first-order chi connectivity index (χ1) is 11.6. The summed E-state index contributed by atoms with van der Waals surface area (Å²) in [6, 6.07) is 0. The van der Waals surface area contributed by atoms with E-state index in [0.29, 0.717) is 12.4 Å². The summed E-state index contributed by atoms with van der Waals surface area (Å²) >= 11 is 0. The SMILES string of the molecule is CNC(=O)C1(CCCc2cnccn2)CCN1Cc1coc(C)n1. The van der Waals surface area contributed by atoms with Crippen LogP contribution < -0.4 is 5.32 Å². The van der Waals surface area contributed by atoms with Gasteiger partial charge in [0.2, 0.25) is 5.91 Å². The highest BCUT2D eigenvalue weighted by molar-refractivity contribution is 5.87. The third-order valence-corrected chi connectivity index (χ3v) is 4.71. The molecule has 1 aliphatic rings. The molecule has 1 fully saturated rings. The Morgan fingerprint density at radius 3 is 2.88 bits per heavy atom. The van der Waals surface area contributed by atoms with Crippen LogP contribution in [0, 0.1) is 6.92 Å². The lowest BCUT2D eigenvalue weighted by atomic mass is 9.78. The van der Waals surface area contributed by atoms with Crippen molar-refractivity contribution in [1.82, 2.24) is 25.2 Å². The molecule has 7 nitrogen and oxygen atoms in total. The molecule has 0 saturated carbocycles. The van der Waals surface area contributed by atoms with Crippen molar-refractivity contribution >= 4 is 5.91 Å². The number of amides is 1. The average Bonchev–Trinajstić information content (AvgIpc) is 3.01. The van der Waals surface area contributed by atoms with Gasteiger partial charge in [-0.05, 0) is 25.7 Å². The fraction of sp³-hybridized carbons (Fsp3) is 0.529. The van der Waals surface area contributed by atoms with Crippen molar-refractivity contribution in [3.05, 3.63) is 42.1 Å². The summed E-state index contributed by atoms with van der Waals surface area (Å²) in [7, 11) is 1.70. The number of hydrogen-bond acceptors (Lipinski definition) is 6. The van der Waals surface area contributed by atoms with Gasteiger partial charge in [0.1, 0.15) is 11.8 Å². The fourth-order valence-corrected chi connectivity index (χ4v) is 3.35. The lowest BCUT2D eigenvalue weighted by Crippen LogP contribution is -2.66. The molecule has 3 rings (SSSR count). The van der Waals surface area contributed by atoms with E-state index in [0.717, 1.165) is 43.6 Å². The van der Waals surface area contributed by atoms with Crippen LogP contribution in [-0.2, 0) is 17.8 Å². The first-order valence-electron chi connectivity index (χ1n) is 8.27. The predicted molar refractivity (Wildman–Crippen MR) is 88.0 cm³/mol. The Morgan fingerprint density at radius 1 is 1.42 bits per heavy atom. The minimum absolute atomic E-state index is 0.0770. The zero-order valence-electron chi connectivity index (χ0n) is 14.2. The Hall–Kier alpha value is -2.28. The number of nitrogens with one attached hydrogen (secondary N) is 1. The number of likely N-dealkylation sites (tertiary alicyclic amines) is 1. The number of carbonyl (C=O) groups excluding carboxylic acids is 1. The normalized spacial score (nSPS) is 20.6. The molecule has 2 aromatic rings. The van der Waals surface area contributed by atoms with Crippen LogP contribution in [-0.4, -0.2) is 44.9 Å². The van der Waals surface area contributed by atoms with E-state index < -0.39 is 5.54 Å². The monoisotopic (exact) mass is 329 g/mol. The van der Waals surface area contributed by atoms with E-state index in [1.54, 1.807) is 31.9 Å². The number of aryl methyl sites for hydroxylation is 2. The molecule has 1 atom stereocenters. The van der Waals surface area contributed by atoms with Gasteiger partial charge in [-0.2, -0.15) is 0 Å². The Morgan fingerprint density at radius 2 is 2.29 bits per heavy atom. The van der Waals surface area contributed by atoms with Crippen molar-refractivity contribution in [3.8, 4) is 0 Å². The molecule has 3 heterocycles. The Bertz CT molecular complexity index is 687. The maximum absolute atomic E-state index is 12.5. The molecule has 128 valence electrons. The standard InChI is InChI=1S/C17H23N5O2/c1-13-21-15(12-24-13)11-22-9-6-17(22,16(23)18-2)5-3-4-14-10-19-7-8-20-14/h7-8,10,12H,3-6,9,11H2,1-2H3,(H,18,23). The zero-order chi connectivity index (χ0) is 17.0. The largest absolute Gasteiger partial charge is 0.449 e. The van der Waals surface area contributed by atoms with Gasteiger partial charge in [-0.25, -0.2) is 4.98 Å². The van der Waals surface area contributed by atoms with Crippen molar-refractivity contribution in [2.75, 3.05) is 13.6 Å². The van der Waals surface area contributed by atoms with Crippen molar-refractivity contribution in [1.29, 1.82) is 0 Å². The molecule has 24 heavy (non-hydrogen) atoms. The topological polar surface area (TPSA) is 84.2 Å². The van der Waals surface area contributed by atoms with Crippen LogP contribution in [0.25, 0.3) is 0 Å². The molecule has 7 heteroatoms. The maximum atomic E-state index is 12.5. The molecule has 0 aromatic carbocycles. The minimum atomic E-state index is -0.455. The van der Waals surface area contributed by atoms with Gasteiger partial charge in [0.25, 0.3) is 0 Å². The number of aromatic nitrogens is 3. The summed E-state index contributed by atoms with van der Waals surface area (Å²) in [6.07, 6.45) is 10.2. The molecule has 1 aliphatic heterocycles. The second-order valence-corrected chi connectivity index (χ2v) is 6.19. The molecule has 2 aromatic heterocycles. The minimum Gasteiger partial charge on any atom is -0.449 e. The fourth-order valence-electron chi connectivity index (χ4n) is 3.35. The van der Waals surface area contributed by atoms with E-state index in [1.807, 2.05) is 6.92 Å². The van der Waals surface area contributed by atoms with Crippen LogP contribution >= 0.6 is 0 Å². The second kappa shape index (κ2) is 7.09. The zero-order valence-corrected chi connectivity index (χ0v) is 14.2. The number of likely N-dealkylation sites (N-methyl/N-ethyl adjacent to an activating group) is 1. The molecule has 1 N–H and O–H groups in total. The van der Waals surface area contributed by atoms with E-state index in [2.05, 4.69) is 25.2 Å². The number of oxazole rings is 1. The molecule has 0 bridgehead atoms. The van der Waals surface area contributed by atoms with Crippen molar-refractivity contribution < 1.29 is 9.21 Å². The molecule has 1 amide bonds. The first-order valence-corrected chi connectivity index (χ1v) is 8.27. The quantitative estimate of drug-likeness (QED) is 0.828. The Labute approximate surface area is 141 Å². The highest BCUT2D eigenvalue weighted by Crippen LogP contribution is 2.37. The van der Waals surface area contributed by atoms with Crippen LogP contribution in [0.5, 0.6) is 0 Å². The number of rotatable bonds is 7. The smallest absolute Gasteiger partial charge is 0.240 e. The van der Waals surface area contributed by atoms with Gasteiger partial charge in [-0.3, -0.25) is 19.7 Å².